The van der Waals surface area contributed by atoms with Crippen LogP contribution in [-0.2, 0) is 14.3 Å². The highest BCUT2D eigenvalue weighted by Gasteiger charge is 2.36. The first-order valence-electron chi connectivity index (χ1n) is 6.92. The molecule has 1 heterocycles. The lowest BCUT2D eigenvalue weighted by atomic mass is 10.2. The summed E-state index contributed by atoms with van der Waals surface area (Å²) in [7, 11) is 1.06. The molecule has 0 aromatic heterocycles. The van der Waals surface area contributed by atoms with Gasteiger partial charge in [-0.15, -0.1) is 0 Å². The molecule has 1 amide bonds. The Morgan fingerprint density at radius 2 is 2.16 bits per heavy atom. The average Bonchev–Trinajstić information content (AvgIpc) is 2.85. The largest absolute Gasteiger partial charge is 0.466 e. The minimum atomic E-state index is -1.31. The van der Waals surface area contributed by atoms with Gasteiger partial charge in [0.25, 0.3) is 11.6 Å². The summed E-state index contributed by atoms with van der Waals surface area (Å²) in [6.07, 6.45) is 0. The first kappa shape index (κ1) is 18.3. The molecule has 134 valence electrons. The van der Waals surface area contributed by atoms with Crippen molar-refractivity contribution in [3.63, 3.8) is 0 Å². The second-order valence-electron chi connectivity index (χ2n) is 4.96. The molecule has 2 rings (SSSR count). The third-order valence-corrected chi connectivity index (χ3v) is 3.43. The maximum atomic E-state index is 14.0. The number of β-amino-alcohol motifs (C(OH)–C–C–N with tert-alkyl or cyclic N) is 1. The first-order valence-corrected chi connectivity index (χ1v) is 6.92. The van der Waals surface area contributed by atoms with Crippen LogP contribution in [0.15, 0.2) is 23.4 Å². The molecular weight excluding hydrogens is 344 g/mol. The first-order chi connectivity index (χ1) is 11.8. The lowest BCUT2D eigenvalue weighted by molar-refractivity contribution is -0.384. The Balaban J connectivity index is 2.51. The number of hydrogen-bond donors (Lipinski definition) is 2. The van der Waals surface area contributed by atoms with Gasteiger partial charge in [-0.1, -0.05) is 0 Å². The van der Waals surface area contributed by atoms with E-state index in [9.17, 15) is 28.5 Å². The van der Waals surface area contributed by atoms with Gasteiger partial charge < -0.3 is 20.1 Å². The van der Waals surface area contributed by atoms with Gasteiger partial charge in [-0.2, -0.15) is 0 Å². The maximum Gasteiger partial charge on any atom is 0.337 e. The van der Waals surface area contributed by atoms with E-state index in [0.717, 1.165) is 12.0 Å². The summed E-state index contributed by atoms with van der Waals surface area (Å²) in [5, 5.41) is 22.2. The number of nitrogens with zero attached hydrogens (tertiary/aromatic N) is 2. The fraction of sp³-hybridized carbons (Fsp3) is 0.286. The second-order valence-corrected chi connectivity index (χ2v) is 4.96. The molecule has 11 heteroatoms. The van der Waals surface area contributed by atoms with Crippen LogP contribution in [0.2, 0.25) is 0 Å². The zero-order valence-electron chi connectivity index (χ0n) is 12.9. The van der Waals surface area contributed by atoms with Crippen LogP contribution in [-0.4, -0.2) is 53.6 Å². The van der Waals surface area contributed by atoms with Crippen LogP contribution in [0.4, 0.5) is 20.2 Å². The molecule has 1 aliphatic rings. The van der Waals surface area contributed by atoms with Gasteiger partial charge in [-0.05, 0) is 0 Å². The van der Waals surface area contributed by atoms with Crippen molar-refractivity contribution in [3.05, 3.63) is 45.2 Å². The monoisotopic (exact) mass is 357 g/mol. The summed E-state index contributed by atoms with van der Waals surface area (Å²) in [6.45, 7) is -0.734. The number of benzene rings is 1. The number of amides is 1. The van der Waals surface area contributed by atoms with Crippen LogP contribution in [0, 0.1) is 21.7 Å². The second kappa shape index (κ2) is 7.21. The molecule has 0 unspecified atom stereocenters. The summed E-state index contributed by atoms with van der Waals surface area (Å²) in [6, 6.07) is 0.882. The molecule has 0 saturated heterocycles. The number of ether oxygens (including phenoxy) is 1. The van der Waals surface area contributed by atoms with Gasteiger partial charge in [0.05, 0.1) is 36.8 Å². The van der Waals surface area contributed by atoms with Crippen LogP contribution >= 0.6 is 0 Å². The molecular formula is C14H13F2N3O6. The number of hydrogen-bond acceptors (Lipinski definition) is 7. The predicted molar refractivity (Wildman–Crippen MR) is 79.3 cm³/mol. The van der Waals surface area contributed by atoms with E-state index in [1.54, 1.807) is 0 Å². The van der Waals surface area contributed by atoms with Crippen LogP contribution in [0.25, 0.3) is 0 Å². The number of aliphatic hydroxyl groups is 1. The Hall–Kier alpha value is -3.08. The van der Waals surface area contributed by atoms with Crippen molar-refractivity contribution in [1.82, 2.24) is 4.90 Å². The van der Waals surface area contributed by atoms with Gasteiger partial charge in [0.15, 0.2) is 11.5 Å². The zero-order chi connectivity index (χ0) is 18.7. The summed E-state index contributed by atoms with van der Waals surface area (Å²) >= 11 is 0. The number of carbonyl (C=O) groups is 2. The van der Waals surface area contributed by atoms with Crippen LogP contribution < -0.4 is 5.32 Å². The summed E-state index contributed by atoms with van der Waals surface area (Å²) < 4.78 is 31.8. The topological polar surface area (TPSA) is 122 Å². The van der Waals surface area contributed by atoms with E-state index in [1.807, 2.05) is 0 Å². The molecule has 2 N–H and O–H groups in total. The fourth-order valence-electron chi connectivity index (χ4n) is 2.30. The van der Waals surface area contributed by atoms with E-state index < -0.39 is 52.1 Å². The number of nitro groups is 1. The number of halogens is 2. The summed E-state index contributed by atoms with van der Waals surface area (Å²) in [5.41, 5.74) is -2.34. The molecule has 1 aliphatic heterocycles. The van der Waals surface area contributed by atoms with E-state index in [0.29, 0.717) is 12.1 Å². The van der Waals surface area contributed by atoms with Gasteiger partial charge >= 0.3 is 5.97 Å². The van der Waals surface area contributed by atoms with Gasteiger partial charge in [-0.3, -0.25) is 14.9 Å². The fourth-order valence-corrected chi connectivity index (χ4v) is 2.30. The number of methoxy groups -OCH3 is 1. The Bertz CT molecular complexity index is 780. The molecule has 1 aromatic rings. The third kappa shape index (κ3) is 3.55. The zero-order valence-corrected chi connectivity index (χ0v) is 12.9. The van der Waals surface area contributed by atoms with E-state index in [-0.39, 0.29) is 18.7 Å². The molecule has 0 spiro atoms. The number of carbonyl (C=O) groups excluding carboxylic acids is 2. The van der Waals surface area contributed by atoms with Crippen molar-refractivity contribution in [2.75, 3.05) is 32.1 Å². The van der Waals surface area contributed by atoms with Gasteiger partial charge in [0, 0.05) is 12.6 Å². The average molecular weight is 357 g/mol. The maximum absolute atomic E-state index is 14.0. The molecule has 1 aromatic carbocycles. The Morgan fingerprint density at radius 1 is 1.48 bits per heavy atom. The highest BCUT2D eigenvalue weighted by atomic mass is 19.1. The Labute approximate surface area is 139 Å². The van der Waals surface area contributed by atoms with Crippen molar-refractivity contribution >= 4 is 23.3 Å². The van der Waals surface area contributed by atoms with Crippen molar-refractivity contribution in [1.29, 1.82) is 0 Å². The van der Waals surface area contributed by atoms with E-state index in [1.165, 1.54) is 0 Å². The molecule has 9 nitrogen and oxygen atoms in total. The minimum absolute atomic E-state index is 0.113. The SMILES string of the molecule is COC(=O)C1=C(Nc2c(F)cc(F)cc2[N+](=O)[O-])C(=O)N(CCO)C1. The quantitative estimate of drug-likeness (QED) is 0.433. The van der Waals surface area contributed by atoms with Gasteiger partial charge in [0.1, 0.15) is 11.5 Å². The molecule has 0 atom stereocenters. The number of nitrogens with one attached hydrogen (secondary N) is 1. The van der Waals surface area contributed by atoms with Gasteiger partial charge in [-0.25, -0.2) is 13.6 Å². The van der Waals surface area contributed by atoms with E-state index >= 15 is 0 Å². The van der Waals surface area contributed by atoms with Crippen molar-refractivity contribution in [2.24, 2.45) is 0 Å². The molecule has 0 fully saturated rings. The van der Waals surface area contributed by atoms with Crippen molar-refractivity contribution in [3.8, 4) is 0 Å². The number of anilines is 1. The number of nitro benzene ring substituents is 1. The molecule has 0 bridgehead atoms. The van der Waals surface area contributed by atoms with Crippen LogP contribution in [0.3, 0.4) is 0 Å². The van der Waals surface area contributed by atoms with E-state index in [4.69, 9.17) is 5.11 Å². The highest BCUT2D eigenvalue weighted by Crippen LogP contribution is 2.32. The Kier molecular flexibility index (Phi) is 5.27. The van der Waals surface area contributed by atoms with Crippen molar-refractivity contribution < 1.29 is 33.1 Å². The highest BCUT2D eigenvalue weighted by molar-refractivity contribution is 6.08. The van der Waals surface area contributed by atoms with Crippen molar-refractivity contribution in [2.45, 2.75) is 0 Å². The van der Waals surface area contributed by atoms with Crippen LogP contribution in [0.1, 0.15) is 0 Å². The predicted octanol–water partition coefficient (Wildman–Crippen LogP) is 0.546. The normalized spacial score (nSPS) is 14.1. The molecule has 0 saturated carbocycles. The number of aliphatic hydroxyl groups excluding tert-OH is 1. The molecule has 0 radical (unpaired) electrons. The van der Waals surface area contributed by atoms with Crippen LogP contribution in [0.5, 0.6) is 0 Å². The minimum Gasteiger partial charge on any atom is -0.466 e. The van der Waals surface area contributed by atoms with Gasteiger partial charge in [0.2, 0.25) is 0 Å². The third-order valence-electron chi connectivity index (χ3n) is 3.43. The lowest BCUT2D eigenvalue weighted by Crippen LogP contribution is -2.31. The summed E-state index contributed by atoms with van der Waals surface area (Å²) in [4.78, 5) is 35.2. The molecule has 25 heavy (non-hydrogen) atoms. The Morgan fingerprint density at radius 3 is 2.72 bits per heavy atom. The number of rotatable bonds is 6. The number of esters is 1. The molecule has 0 aliphatic carbocycles. The summed E-state index contributed by atoms with van der Waals surface area (Å²) in [5.74, 6) is -4.16. The standard InChI is InChI=1S/C14H13F2N3O6/c1-25-14(22)8-6-18(2-3-20)13(21)11(8)17-12-9(16)4-7(15)5-10(12)19(23)24/h4-5,17,20H,2-3,6H2,1H3. The van der Waals surface area contributed by atoms with E-state index in [2.05, 4.69) is 10.1 Å². The smallest absolute Gasteiger partial charge is 0.337 e. The lowest BCUT2D eigenvalue weighted by Gasteiger charge is -2.15.